The molecule has 0 aromatic heterocycles. The van der Waals surface area contributed by atoms with Gasteiger partial charge in [0, 0.05) is 14.8 Å². The van der Waals surface area contributed by atoms with Gasteiger partial charge in [0.1, 0.15) is 0 Å². The van der Waals surface area contributed by atoms with Gasteiger partial charge in [-0.2, -0.15) is 0 Å². The molecule has 0 spiro atoms. The Morgan fingerprint density at radius 3 is 2.25 bits per heavy atom. The van der Waals surface area contributed by atoms with Crippen LogP contribution in [-0.2, 0) is 0 Å². The summed E-state index contributed by atoms with van der Waals surface area (Å²) in [5.41, 5.74) is 2.00. The molecule has 0 aliphatic rings. The lowest BCUT2D eigenvalue weighted by atomic mass is 10.1. The van der Waals surface area contributed by atoms with Gasteiger partial charge >= 0.3 is 5.97 Å². The predicted octanol–water partition coefficient (Wildman–Crippen LogP) is 3.55. The van der Waals surface area contributed by atoms with Crippen molar-refractivity contribution in [3.05, 3.63) is 62.7 Å². The van der Waals surface area contributed by atoms with E-state index in [0.29, 0.717) is 11.3 Å². The molecule has 102 valence electrons. The van der Waals surface area contributed by atoms with Crippen molar-refractivity contribution in [1.82, 2.24) is 0 Å². The second kappa shape index (κ2) is 6.04. The minimum atomic E-state index is -1.02. The monoisotopic (exact) mass is 381 g/mol. The summed E-state index contributed by atoms with van der Waals surface area (Å²) in [5, 5.41) is 11.7. The van der Waals surface area contributed by atoms with Crippen LogP contribution in [0.25, 0.3) is 0 Å². The number of benzene rings is 2. The Balaban J connectivity index is 2.25. The van der Waals surface area contributed by atoms with Gasteiger partial charge in [0.25, 0.3) is 5.91 Å². The summed E-state index contributed by atoms with van der Waals surface area (Å²) >= 11 is 2.16. The number of carbonyl (C=O) groups excluding carboxylic acids is 1. The van der Waals surface area contributed by atoms with Gasteiger partial charge in [0.2, 0.25) is 0 Å². The van der Waals surface area contributed by atoms with E-state index in [1.54, 1.807) is 18.2 Å². The number of halogens is 1. The Morgan fingerprint density at radius 2 is 1.65 bits per heavy atom. The fourth-order valence-corrected chi connectivity index (χ4v) is 2.05. The third-order valence-electron chi connectivity index (χ3n) is 2.84. The zero-order valence-electron chi connectivity index (χ0n) is 10.7. The maximum Gasteiger partial charge on any atom is 0.335 e. The molecular formula is C15H12INO3. The lowest BCUT2D eigenvalue weighted by Crippen LogP contribution is -2.13. The third-order valence-corrected chi connectivity index (χ3v) is 3.56. The number of amides is 1. The Bertz CT molecular complexity index is 665. The molecule has 0 heterocycles. The van der Waals surface area contributed by atoms with Gasteiger partial charge in [0.05, 0.1) is 5.56 Å². The van der Waals surface area contributed by atoms with Gasteiger partial charge in [-0.05, 0) is 71.5 Å². The van der Waals surface area contributed by atoms with Crippen molar-refractivity contribution in [2.75, 3.05) is 5.32 Å². The van der Waals surface area contributed by atoms with Crippen LogP contribution in [0.4, 0.5) is 5.69 Å². The Kier molecular flexibility index (Phi) is 4.39. The number of nitrogens with one attached hydrogen (secondary N) is 1. The highest BCUT2D eigenvalue weighted by Gasteiger charge is 2.10. The van der Waals surface area contributed by atoms with Crippen LogP contribution in [0.1, 0.15) is 26.3 Å². The second-order valence-electron chi connectivity index (χ2n) is 4.30. The number of rotatable bonds is 3. The fourth-order valence-electron chi connectivity index (χ4n) is 1.69. The number of carbonyl (C=O) groups is 2. The number of hydrogen-bond acceptors (Lipinski definition) is 2. The molecule has 0 saturated heterocycles. The number of carboxylic acids is 1. The normalized spacial score (nSPS) is 10.1. The highest BCUT2D eigenvalue weighted by atomic mass is 127. The average Bonchev–Trinajstić information content (AvgIpc) is 2.41. The number of hydrogen-bond donors (Lipinski definition) is 2. The first-order valence-corrected chi connectivity index (χ1v) is 6.96. The van der Waals surface area contributed by atoms with E-state index in [0.717, 1.165) is 9.13 Å². The molecule has 2 aromatic rings. The molecule has 2 N–H and O–H groups in total. The summed E-state index contributed by atoms with van der Waals surface area (Å²) in [6, 6.07) is 11.8. The summed E-state index contributed by atoms with van der Waals surface area (Å²) in [7, 11) is 0. The molecule has 0 aliphatic heterocycles. The molecular weight excluding hydrogens is 369 g/mol. The van der Waals surface area contributed by atoms with Crippen molar-refractivity contribution >= 4 is 40.2 Å². The molecule has 0 fully saturated rings. The summed E-state index contributed by atoms with van der Waals surface area (Å²) in [6.45, 7) is 1.81. The highest BCUT2D eigenvalue weighted by Crippen LogP contribution is 2.18. The van der Waals surface area contributed by atoms with E-state index >= 15 is 0 Å². The molecule has 0 bridgehead atoms. The van der Waals surface area contributed by atoms with E-state index < -0.39 is 5.97 Å². The van der Waals surface area contributed by atoms with Crippen molar-refractivity contribution in [1.29, 1.82) is 0 Å². The summed E-state index contributed by atoms with van der Waals surface area (Å²) in [6.07, 6.45) is 0. The smallest absolute Gasteiger partial charge is 0.335 e. The van der Waals surface area contributed by atoms with Crippen molar-refractivity contribution in [3.8, 4) is 0 Å². The molecule has 0 unspecified atom stereocenters. The average molecular weight is 381 g/mol. The van der Waals surface area contributed by atoms with Gasteiger partial charge in [-0.3, -0.25) is 4.79 Å². The first-order valence-electron chi connectivity index (χ1n) is 5.88. The molecule has 20 heavy (non-hydrogen) atoms. The first kappa shape index (κ1) is 14.5. The lowest BCUT2D eigenvalue weighted by Gasteiger charge is -2.09. The van der Waals surface area contributed by atoms with Crippen LogP contribution in [0.3, 0.4) is 0 Å². The molecule has 4 nitrogen and oxygen atoms in total. The first-order chi connectivity index (χ1) is 9.47. The minimum Gasteiger partial charge on any atom is -0.478 e. The number of aryl methyl sites for hydroxylation is 1. The lowest BCUT2D eigenvalue weighted by molar-refractivity contribution is 0.0696. The molecule has 5 heteroatoms. The maximum atomic E-state index is 12.1. The highest BCUT2D eigenvalue weighted by molar-refractivity contribution is 14.1. The Hall–Kier alpha value is -1.89. The van der Waals surface area contributed by atoms with Crippen molar-refractivity contribution in [2.24, 2.45) is 0 Å². The molecule has 0 atom stereocenters. The standard InChI is InChI=1S/C15H12INO3/c1-9-2-3-11(15(19)20)8-13(9)17-14(18)10-4-6-12(16)7-5-10/h2-8H,1H3,(H,17,18)(H,19,20). The van der Waals surface area contributed by atoms with Crippen LogP contribution < -0.4 is 5.32 Å². The summed E-state index contributed by atoms with van der Waals surface area (Å²) in [5.74, 6) is -1.28. The van der Waals surface area contributed by atoms with Crippen LogP contribution in [0.2, 0.25) is 0 Å². The van der Waals surface area contributed by atoms with Gasteiger partial charge in [-0.1, -0.05) is 6.07 Å². The quantitative estimate of drug-likeness (QED) is 0.800. The van der Waals surface area contributed by atoms with Crippen LogP contribution in [0, 0.1) is 10.5 Å². The predicted molar refractivity (Wildman–Crippen MR) is 85.3 cm³/mol. The maximum absolute atomic E-state index is 12.1. The number of anilines is 1. The molecule has 0 radical (unpaired) electrons. The Morgan fingerprint density at radius 1 is 1.05 bits per heavy atom. The summed E-state index contributed by atoms with van der Waals surface area (Å²) < 4.78 is 1.04. The topological polar surface area (TPSA) is 66.4 Å². The zero-order valence-corrected chi connectivity index (χ0v) is 12.8. The van der Waals surface area contributed by atoms with E-state index in [1.807, 2.05) is 19.1 Å². The van der Waals surface area contributed by atoms with E-state index in [4.69, 9.17) is 5.11 Å². The van der Waals surface area contributed by atoms with Crippen molar-refractivity contribution < 1.29 is 14.7 Å². The van der Waals surface area contributed by atoms with Crippen LogP contribution in [0.15, 0.2) is 42.5 Å². The van der Waals surface area contributed by atoms with Gasteiger partial charge in [0.15, 0.2) is 0 Å². The molecule has 0 aliphatic carbocycles. The van der Waals surface area contributed by atoms with Crippen LogP contribution >= 0.6 is 22.6 Å². The fraction of sp³-hybridized carbons (Fsp3) is 0.0667. The molecule has 0 saturated carbocycles. The van der Waals surface area contributed by atoms with E-state index in [9.17, 15) is 9.59 Å². The zero-order chi connectivity index (χ0) is 14.7. The van der Waals surface area contributed by atoms with E-state index in [2.05, 4.69) is 27.9 Å². The minimum absolute atomic E-state index is 0.147. The SMILES string of the molecule is Cc1ccc(C(=O)O)cc1NC(=O)c1ccc(I)cc1. The van der Waals surface area contributed by atoms with Crippen LogP contribution in [-0.4, -0.2) is 17.0 Å². The number of carboxylic acid groups (broad SMARTS) is 1. The number of aromatic carboxylic acids is 1. The van der Waals surface area contributed by atoms with Crippen molar-refractivity contribution in [3.63, 3.8) is 0 Å². The van der Waals surface area contributed by atoms with Gasteiger partial charge in [-0.25, -0.2) is 4.79 Å². The van der Waals surface area contributed by atoms with Gasteiger partial charge in [-0.15, -0.1) is 0 Å². The molecule has 2 aromatic carbocycles. The Labute approximate surface area is 130 Å². The second-order valence-corrected chi connectivity index (χ2v) is 5.54. The van der Waals surface area contributed by atoms with Crippen LogP contribution in [0.5, 0.6) is 0 Å². The van der Waals surface area contributed by atoms with E-state index in [-0.39, 0.29) is 11.5 Å². The van der Waals surface area contributed by atoms with Crippen molar-refractivity contribution in [2.45, 2.75) is 6.92 Å². The van der Waals surface area contributed by atoms with Gasteiger partial charge < -0.3 is 10.4 Å². The third kappa shape index (κ3) is 3.36. The van der Waals surface area contributed by atoms with E-state index in [1.165, 1.54) is 12.1 Å². The summed E-state index contributed by atoms with van der Waals surface area (Å²) in [4.78, 5) is 23.0. The largest absolute Gasteiger partial charge is 0.478 e. The molecule has 1 amide bonds. The molecule has 2 rings (SSSR count).